The van der Waals surface area contributed by atoms with Gasteiger partial charge in [0.15, 0.2) is 0 Å². The molecule has 0 bridgehead atoms. The highest BCUT2D eigenvalue weighted by atomic mass is 19.3. The van der Waals surface area contributed by atoms with Gasteiger partial charge in [-0.1, -0.05) is 11.6 Å². The van der Waals surface area contributed by atoms with Crippen molar-refractivity contribution in [3.8, 4) is 0 Å². The second kappa shape index (κ2) is 5.60. The van der Waals surface area contributed by atoms with Crippen LogP contribution in [0.25, 0.3) is 0 Å². The fraction of sp³-hybridized carbons (Fsp3) is 0.500. The van der Waals surface area contributed by atoms with Crippen LogP contribution in [0.2, 0.25) is 0 Å². The van der Waals surface area contributed by atoms with Crippen LogP contribution in [-0.2, 0) is 6.54 Å². The van der Waals surface area contributed by atoms with Crippen LogP contribution in [0.3, 0.4) is 0 Å². The molecule has 1 aromatic rings. The lowest BCUT2D eigenvalue weighted by Gasteiger charge is -2.06. The largest absolute Gasteiger partial charge is 0.319 e. The summed E-state index contributed by atoms with van der Waals surface area (Å²) in [5.74, 6) is 0.354. The van der Waals surface area contributed by atoms with Gasteiger partial charge >= 0.3 is 6.55 Å². The van der Waals surface area contributed by atoms with Crippen LogP contribution in [0.5, 0.6) is 0 Å². The molecule has 0 unspecified atom stereocenters. The number of nitrogens with one attached hydrogen (secondary N) is 1. The molecule has 1 N–H and O–H groups in total. The molecular weight excluding hydrogens is 200 g/mol. The van der Waals surface area contributed by atoms with Crippen molar-refractivity contribution in [2.75, 3.05) is 6.54 Å². The molecule has 15 heavy (non-hydrogen) atoms. The molecule has 0 fully saturated rings. The lowest BCUT2D eigenvalue weighted by atomic mass is 10.3. The molecule has 84 valence electrons. The Kier molecular flexibility index (Phi) is 4.42. The first-order chi connectivity index (χ1) is 7.11. The predicted molar refractivity (Wildman–Crippen MR) is 54.6 cm³/mol. The number of halogens is 2. The van der Waals surface area contributed by atoms with Crippen molar-refractivity contribution in [1.82, 2.24) is 14.9 Å². The summed E-state index contributed by atoms with van der Waals surface area (Å²) in [5, 5.41) is 3.02. The molecule has 0 saturated carbocycles. The summed E-state index contributed by atoms with van der Waals surface area (Å²) < 4.78 is 25.6. The quantitative estimate of drug-likeness (QED) is 0.603. The average molecular weight is 215 g/mol. The van der Waals surface area contributed by atoms with Gasteiger partial charge in [0.25, 0.3) is 0 Å². The fourth-order valence-corrected chi connectivity index (χ4v) is 1.12. The van der Waals surface area contributed by atoms with E-state index in [1.165, 1.54) is 18.0 Å². The van der Waals surface area contributed by atoms with Gasteiger partial charge in [-0.3, -0.25) is 4.57 Å². The lowest BCUT2D eigenvalue weighted by molar-refractivity contribution is 0.0667. The van der Waals surface area contributed by atoms with E-state index >= 15 is 0 Å². The predicted octanol–water partition coefficient (Wildman–Crippen LogP) is 2.33. The SMILES string of the molecule is CC(C)=CCNCc1nccn1C(F)F. The van der Waals surface area contributed by atoms with Crippen molar-refractivity contribution in [3.05, 3.63) is 29.9 Å². The molecule has 0 spiro atoms. The molecule has 0 atom stereocenters. The Morgan fingerprint density at radius 3 is 2.93 bits per heavy atom. The Balaban J connectivity index is 2.44. The van der Waals surface area contributed by atoms with E-state index in [2.05, 4.69) is 10.3 Å². The first-order valence-electron chi connectivity index (χ1n) is 4.75. The van der Waals surface area contributed by atoms with Gasteiger partial charge in [-0.15, -0.1) is 0 Å². The molecule has 0 aromatic carbocycles. The Labute approximate surface area is 87.8 Å². The van der Waals surface area contributed by atoms with E-state index in [0.717, 1.165) is 4.57 Å². The topological polar surface area (TPSA) is 29.9 Å². The van der Waals surface area contributed by atoms with Gasteiger partial charge in [0.1, 0.15) is 5.82 Å². The second-order valence-electron chi connectivity index (χ2n) is 3.44. The van der Waals surface area contributed by atoms with Crippen LogP contribution in [0.4, 0.5) is 8.78 Å². The van der Waals surface area contributed by atoms with Crippen LogP contribution in [0, 0.1) is 0 Å². The molecule has 1 heterocycles. The minimum absolute atomic E-state index is 0.348. The molecular formula is C10H15F2N3. The number of alkyl halides is 2. The number of rotatable bonds is 5. The Bertz CT molecular complexity index is 327. The van der Waals surface area contributed by atoms with Gasteiger partial charge in [-0.05, 0) is 13.8 Å². The minimum Gasteiger partial charge on any atom is -0.306 e. The van der Waals surface area contributed by atoms with Crippen LogP contribution in [0.15, 0.2) is 24.0 Å². The molecule has 1 rings (SSSR count). The standard InChI is InChI=1S/C10H15F2N3/c1-8(2)3-4-13-7-9-14-5-6-15(9)10(11)12/h3,5-6,10,13H,4,7H2,1-2H3. The van der Waals surface area contributed by atoms with E-state index in [0.29, 0.717) is 18.9 Å². The van der Waals surface area contributed by atoms with Gasteiger partial charge in [-0.25, -0.2) is 4.98 Å². The number of nitrogens with zero attached hydrogens (tertiary/aromatic N) is 2. The van der Waals surface area contributed by atoms with E-state index in [4.69, 9.17) is 0 Å². The Morgan fingerprint density at radius 1 is 1.60 bits per heavy atom. The zero-order valence-electron chi connectivity index (χ0n) is 8.87. The summed E-state index contributed by atoms with van der Waals surface area (Å²) in [6.07, 6.45) is 4.66. The molecule has 0 amide bonds. The third-order valence-electron chi connectivity index (χ3n) is 1.90. The Morgan fingerprint density at radius 2 is 2.33 bits per heavy atom. The number of aromatic nitrogens is 2. The van der Waals surface area contributed by atoms with E-state index in [1.54, 1.807) is 0 Å². The van der Waals surface area contributed by atoms with Crippen LogP contribution in [-0.4, -0.2) is 16.1 Å². The molecule has 0 aliphatic heterocycles. The van der Waals surface area contributed by atoms with Crippen molar-refractivity contribution in [2.24, 2.45) is 0 Å². The second-order valence-corrected chi connectivity index (χ2v) is 3.44. The third kappa shape index (κ3) is 3.79. The summed E-state index contributed by atoms with van der Waals surface area (Å²) >= 11 is 0. The van der Waals surface area contributed by atoms with E-state index < -0.39 is 6.55 Å². The van der Waals surface area contributed by atoms with Gasteiger partial charge in [0.2, 0.25) is 0 Å². The summed E-state index contributed by atoms with van der Waals surface area (Å²) in [6, 6.07) is 0. The number of allylic oxidation sites excluding steroid dienone is 1. The van der Waals surface area contributed by atoms with Crippen molar-refractivity contribution in [2.45, 2.75) is 26.9 Å². The van der Waals surface area contributed by atoms with Crippen LogP contribution < -0.4 is 5.32 Å². The zero-order valence-corrected chi connectivity index (χ0v) is 8.87. The van der Waals surface area contributed by atoms with Gasteiger partial charge < -0.3 is 5.32 Å². The molecule has 5 heteroatoms. The normalized spacial score (nSPS) is 10.7. The highest BCUT2D eigenvalue weighted by molar-refractivity contribution is 4.96. The summed E-state index contributed by atoms with van der Waals surface area (Å²) in [4.78, 5) is 3.85. The molecule has 1 aromatic heterocycles. The average Bonchev–Trinajstić information content (AvgIpc) is 2.60. The van der Waals surface area contributed by atoms with Crippen molar-refractivity contribution < 1.29 is 8.78 Å². The smallest absolute Gasteiger partial charge is 0.306 e. The van der Waals surface area contributed by atoms with E-state index in [-0.39, 0.29) is 0 Å². The van der Waals surface area contributed by atoms with Gasteiger partial charge in [0.05, 0.1) is 6.54 Å². The first-order valence-corrected chi connectivity index (χ1v) is 4.75. The van der Waals surface area contributed by atoms with Crippen molar-refractivity contribution in [1.29, 1.82) is 0 Å². The number of hydrogen-bond donors (Lipinski definition) is 1. The first kappa shape index (κ1) is 11.8. The monoisotopic (exact) mass is 215 g/mol. The molecule has 0 aliphatic rings. The molecule has 0 radical (unpaired) electrons. The summed E-state index contributed by atoms with van der Waals surface area (Å²) in [6.45, 7) is 2.47. The maximum absolute atomic E-state index is 12.4. The highest BCUT2D eigenvalue weighted by Crippen LogP contribution is 2.11. The highest BCUT2D eigenvalue weighted by Gasteiger charge is 2.09. The van der Waals surface area contributed by atoms with Crippen LogP contribution >= 0.6 is 0 Å². The minimum atomic E-state index is -2.52. The van der Waals surface area contributed by atoms with Gasteiger partial charge in [0, 0.05) is 18.9 Å². The summed E-state index contributed by atoms with van der Waals surface area (Å²) in [5.41, 5.74) is 1.19. The lowest BCUT2D eigenvalue weighted by Crippen LogP contribution is -2.17. The third-order valence-corrected chi connectivity index (χ3v) is 1.90. The molecule has 0 saturated heterocycles. The fourth-order valence-electron chi connectivity index (χ4n) is 1.12. The van der Waals surface area contributed by atoms with Crippen molar-refractivity contribution >= 4 is 0 Å². The number of hydrogen-bond acceptors (Lipinski definition) is 2. The maximum atomic E-state index is 12.4. The maximum Gasteiger partial charge on any atom is 0.319 e. The summed E-state index contributed by atoms with van der Waals surface area (Å²) in [7, 11) is 0. The van der Waals surface area contributed by atoms with E-state index in [9.17, 15) is 8.78 Å². The van der Waals surface area contributed by atoms with E-state index in [1.807, 2.05) is 19.9 Å². The van der Waals surface area contributed by atoms with Crippen LogP contribution in [0.1, 0.15) is 26.2 Å². The zero-order chi connectivity index (χ0) is 11.3. The molecule has 0 aliphatic carbocycles. The van der Waals surface area contributed by atoms with Crippen molar-refractivity contribution in [3.63, 3.8) is 0 Å². The molecule has 3 nitrogen and oxygen atoms in total. The van der Waals surface area contributed by atoms with Gasteiger partial charge in [-0.2, -0.15) is 8.78 Å². The Hall–Kier alpha value is -1.23. The number of imidazole rings is 1.